The Hall–Kier alpha value is -0.920. The van der Waals surface area contributed by atoms with Gasteiger partial charge >= 0.3 is 0 Å². The van der Waals surface area contributed by atoms with Crippen molar-refractivity contribution in [2.75, 3.05) is 11.9 Å². The number of halogens is 2. The molecule has 1 amide bonds. The molecule has 0 aliphatic rings. The maximum absolute atomic E-state index is 12.3. The van der Waals surface area contributed by atoms with E-state index in [9.17, 15) is 4.79 Å². The first-order valence-electron chi connectivity index (χ1n) is 6.00. The summed E-state index contributed by atoms with van der Waals surface area (Å²) in [5, 5.41) is 7.99. The van der Waals surface area contributed by atoms with Gasteiger partial charge in [0.05, 0.1) is 12.1 Å². The second-order valence-corrected chi connectivity index (χ2v) is 6.82. The summed E-state index contributed by atoms with van der Waals surface area (Å²) >= 11 is 8.34. The highest BCUT2D eigenvalue weighted by molar-refractivity contribution is 9.10. The Labute approximate surface area is 138 Å². The number of aromatic nitrogens is 1. The minimum atomic E-state index is -0.140. The Balaban J connectivity index is 2.09. The summed E-state index contributed by atoms with van der Waals surface area (Å²) in [4.78, 5) is 17.6. The number of hydrogen-bond donors (Lipinski definition) is 2. The Morgan fingerprint density at radius 1 is 1.35 bits per heavy atom. The predicted octanol–water partition coefficient (Wildman–Crippen LogP) is 4.03. The third-order valence-corrected chi connectivity index (χ3v) is 4.62. The maximum Gasteiger partial charge on any atom is 0.255 e. The van der Waals surface area contributed by atoms with Crippen LogP contribution in [0.1, 0.15) is 22.2 Å². The van der Waals surface area contributed by atoms with Crippen LogP contribution in [0.3, 0.4) is 0 Å². The van der Waals surface area contributed by atoms with Crippen molar-refractivity contribution in [1.82, 2.24) is 10.3 Å². The Bertz CT molecular complexity index is 615. The average molecular weight is 419 g/mol. The van der Waals surface area contributed by atoms with Gasteiger partial charge in [0.1, 0.15) is 5.82 Å². The molecule has 2 rings (SSSR count). The quantitative estimate of drug-likeness (QED) is 0.770. The number of rotatable bonds is 5. The number of carbonyl (C=O) groups is 1. The molecule has 0 saturated heterocycles. The zero-order valence-electron chi connectivity index (χ0n) is 10.7. The van der Waals surface area contributed by atoms with Gasteiger partial charge in [0, 0.05) is 31.9 Å². The number of hydrogen-bond acceptors (Lipinski definition) is 4. The fourth-order valence-corrected chi connectivity index (χ4v) is 3.35. The molecule has 2 aromatic heterocycles. The molecule has 0 radical (unpaired) electrons. The zero-order valence-corrected chi connectivity index (χ0v) is 14.7. The van der Waals surface area contributed by atoms with E-state index < -0.39 is 0 Å². The van der Waals surface area contributed by atoms with Gasteiger partial charge in [0.15, 0.2) is 0 Å². The van der Waals surface area contributed by atoms with Crippen LogP contribution in [0.2, 0.25) is 0 Å². The Morgan fingerprint density at radius 3 is 2.80 bits per heavy atom. The van der Waals surface area contributed by atoms with Crippen LogP contribution < -0.4 is 10.6 Å². The molecule has 0 saturated carbocycles. The molecule has 0 spiro atoms. The smallest absolute Gasteiger partial charge is 0.255 e. The Morgan fingerprint density at radius 2 is 2.15 bits per heavy atom. The largest absolute Gasteiger partial charge is 0.370 e. The molecule has 0 aliphatic carbocycles. The number of carbonyl (C=O) groups excluding carboxylic acids is 1. The minimum absolute atomic E-state index is 0.140. The molecule has 20 heavy (non-hydrogen) atoms. The zero-order chi connectivity index (χ0) is 14.5. The van der Waals surface area contributed by atoms with E-state index >= 15 is 0 Å². The molecule has 0 atom stereocenters. The molecule has 0 aliphatic heterocycles. The number of nitrogens with zero attached hydrogens (tertiary/aromatic N) is 1. The average Bonchev–Trinajstić information content (AvgIpc) is 2.84. The van der Waals surface area contributed by atoms with Gasteiger partial charge in [0.2, 0.25) is 0 Å². The van der Waals surface area contributed by atoms with Crippen LogP contribution in [-0.2, 0) is 6.54 Å². The van der Waals surface area contributed by atoms with Crippen molar-refractivity contribution in [1.29, 1.82) is 0 Å². The molecule has 7 heteroatoms. The molecule has 2 aromatic rings. The number of amides is 1. The van der Waals surface area contributed by atoms with Crippen LogP contribution in [-0.4, -0.2) is 17.4 Å². The maximum atomic E-state index is 12.3. The molecule has 2 N–H and O–H groups in total. The third-order valence-electron chi connectivity index (χ3n) is 2.49. The minimum Gasteiger partial charge on any atom is -0.370 e. The standard InChI is InChI=1S/C13H13Br2N3OS/c1-2-16-12-11(4-8(14)5-17-12)13(19)18-6-10-3-9(15)7-20-10/h3-5,7H,2,6H2,1H3,(H,16,17)(H,18,19). The summed E-state index contributed by atoms with van der Waals surface area (Å²) in [7, 11) is 0. The lowest BCUT2D eigenvalue weighted by atomic mass is 10.2. The van der Waals surface area contributed by atoms with Gasteiger partial charge in [-0.3, -0.25) is 4.79 Å². The van der Waals surface area contributed by atoms with E-state index in [0.29, 0.717) is 24.5 Å². The van der Waals surface area contributed by atoms with Crippen molar-refractivity contribution in [3.63, 3.8) is 0 Å². The Kier molecular flexibility index (Phi) is 5.56. The first kappa shape index (κ1) is 15.5. The highest BCUT2D eigenvalue weighted by Gasteiger charge is 2.13. The normalized spacial score (nSPS) is 10.3. The van der Waals surface area contributed by atoms with Crippen molar-refractivity contribution in [3.8, 4) is 0 Å². The number of anilines is 1. The molecule has 4 nitrogen and oxygen atoms in total. The summed E-state index contributed by atoms with van der Waals surface area (Å²) < 4.78 is 1.81. The molecular formula is C13H13Br2N3OS. The summed E-state index contributed by atoms with van der Waals surface area (Å²) in [6.07, 6.45) is 1.67. The van der Waals surface area contributed by atoms with E-state index in [1.807, 2.05) is 18.4 Å². The molecule has 0 unspecified atom stereocenters. The van der Waals surface area contributed by atoms with E-state index in [0.717, 1.165) is 13.8 Å². The highest BCUT2D eigenvalue weighted by atomic mass is 79.9. The van der Waals surface area contributed by atoms with Gasteiger partial charge in [0.25, 0.3) is 5.91 Å². The fraction of sp³-hybridized carbons (Fsp3) is 0.231. The summed E-state index contributed by atoms with van der Waals surface area (Å²) in [5.74, 6) is 0.458. The van der Waals surface area contributed by atoms with Gasteiger partial charge < -0.3 is 10.6 Å². The molecule has 0 aromatic carbocycles. The van der Waals surface area contributed by atoms with Crippen LogP contribution in [0.25, 0.3) is 0 Å². The SMILES string of the molecule is CCNc1ncc(Br)cc1C(=O)NCc1cc(Br)cs1. The first-order valence-corrected chi connectivity index (χ1v) is 8.47. The van der Waals surface area contributed by atoms with Gasteiger partial charge in [-0.05, 0) is 50.9 Å². The van der Waals surface area contributed by atoms with Crippen LogP contribution >= 0.6 is 43.2 Å². The predicted molar refractivity (Wildman–Crippen MR) is 89.3 cm³/mol. The van der Waals surface area contributed by atoms with Crippen LogP contribution in [0.5, 0.6) is 0 Å². The first-order chi connectivity index (χ1) is 9.60. The summed E-state index contributed by atoms with van der Waals surface area (Å²) in [5.41, 5.74) is 0.539. The lowest BCUT2D eigenvalue weighted by molar-refractivity contribution is 0.0951. The van der Waals surface area contributed by atoms with E-state index in [1.165, 1.54) is 0 Å². The van der Waals surface area contributed by atoms with E-state index in [2.05, 4.69) is 47.5 Å². The number of thiophene rings is 1. The monoisotopic (exact) mass is 417 g/mol. The number of nitrogens with one attached hydrogen (secondary N) is 2. The second kappa shape index (κ2) is 7.19. The van der Waals surface area contributed by atoms with Crippen LogP contribution in [0.4, 0.5) is 5.82 Å². The van der Waals surface area contributed by atoms with Crippen LogP contribution in [0, 0.1) is 0 Å². The van der Waals surface area contributed by atoms with Crippen molar-refractivity contribution in [3.05, 3.63) is 43.1 Å². The van der Waals surface area contributed by atoms with E-state index in [4.69, 9.17) is 0 Å². The highest BCUT2D eigenvalue weighted by Crippen LogP contribution is 2.21. The molecule has 2 heterocycles. The molecule has 0 bridgehead atoms. The van der Waals surface area contributed by atoms with Gasteiger partial charge in [-0.1, -0.05) is 0 Å². The molecule has 106 valence electrons. The van der Waals surface area contributed by atoms with Gasteiger partial charge in [-0.15, -0.1) is 11.3 Å². The van der Waals surface area contributed by atoms with Crippen molar-refractivity contribution >= 4 is 54.9 Å². The topological polar surface area (TPSA) is 54.0 Å². The molecular weight excluding hydrogens is 406 g/mol. The van der Waals surface area contributed by atoms with Crippen molar-refractivity contribution in [2.45, 2.75) is 13.5 Å². The second-order valence-electron chi connectivity index (χ2n) is 3.99. The summed E-state index contributed by atoms with van der Waals surface area (Å²) in [6, 6.07) is 3.76. The fourth-order valence-electron chi connectivity index (χ4n) is 1.63. The lowest BCUT2D eigenvalue weighted by Crippen LogP contribution is -2.24. The van der Waals surface area contributed by atoms with Gasteiger partial charge in [-0.25, -0.2) is 4.98 Å². The summed E-state index contributed by atoms with van der Waals surface area (Å²) in [6.45, 7) is 3.19. The van der Waals surface area contributed by atoms with E-state index in [1.54, 1.807) is 23.6 Å². The lowest BCUT2D eigenvalue weighted by Gasteiger charge is -2.10. The van der Waals surface area contributed by atoms with Crippen LogP contribution in [0.15, 0.2) is 32.7 Å². The third kappa shape index (κ3) is 4.04. The molecule has 0 fully saturated rings. The van der Waals surface area contributed by atoms with Gasteiger partial charge in [-0.2, -0.15) is 0 Å². The van der Waals surface area contributed by atoms with E-state index in [-0.39, 0.29) is 5.91 Å². The number of pyridine rings is 1. The van der Waals surface area contributed by atoms with Crippen molar-refractivity contribution < 1.29 is 4.79 Å². The van der Waals surface area contributed by atoms with Crippen molar-refractivity contribution in [2.24, 2.45) is 0 Å².